The predicted molar refractivity (Wildman–Crippen MR) is 80.7 cm³/mol. The van der Waals surface area contributed by atoms with E-state index in [1.807, 2.05) is 6.92 Å². The molecule has 1 fully saturated rings. The van der Waals surface area contributed by atoms with Gasteiger partial charge in [-0.3, -0.25) is 9.69 Å². The highest BCUT2D eigenvalue weighted by Crippen LogP contribution is 2.23. The van der Waals surface area contributed by atoms with Gasteiger partial charge < -0.3 is 11.1 Å². The second kappa shape index (κ2) is 6.39. The minimum absolute atomic E-state index is 0.00587. The molecule has 0 bridgehead atoms. The highest BCUT2D eigenvalue weighted by atomic mass is 32.1. The molecule has 0 aliphatic carbocycles. The van der Waals surface area contributed by atoms with Crippen LogP contribution in [-0.4, -0.2) is 36.5 Å². The van der Waals surface area contributed by atoms with E-state index in [0.717, 1.165) is 18.0 Å². The summed E-state index contributed by atoms with van der Waals surface area (Å²) in [7, 11) is 0. The van der Waals surface area contributed by atoms with Crippen LogP contribution in [-0.2, 0) is 0 Å². The van der Waals surface area contributed by atoms with Crippen LogP contribution in [0.4, 0.5) is 5.69 Å². The number of anilines is 1. The van der Waals surface area contributed by atoms with Gasteiger partial charge in [0, 0.05) is 23.2 Å². The van der Waals surface area contributed by atoms with Gasteiger partial charge in [0.25, 0.3) is 5.91 Å². The third-order valence-electron chi connectivity index (χ3n) is 3.75. The van der Waals surface area contributed by atoms with Crippen molar-refractivity contribution in [3.8, 4) is 0 Å². The monoisotopic (exact) mass is 281 g/mol. The van der Waals surface area contributed by atoms with Gasteiger partial charge in [0.05, 0.1) is 4.88 Å². The number of hydrogen-bond donors (Lipinski definition) is 2. The predicted octanol–water partition coefficient (Wildman–Crippen LogP) is 2.24. The Morgan fingerprint density at radius 2 is 2.16 bits per heavy atom. The van der Waals surface area contributed by atoms with Gasteiger partial charge in [-0.25, -0.2) is 0 Å². The van der Waals surface area contributed by atoms with Gasteiger partial charge in [-0.1, -0.05) is 6.42 Å². The van der Waals surface area contributed by atoms with E-state index < -0.39 is 0 Å². The van der Waals surface area contributed by atoms with E-state index in [-0.39, 0.29) is 5.91 Å². The smallest absolute Gasteiger partial charge is 0.261 e. The average Bonchev–Trinajstić information content (AvgIpc) is 2.77. The number of rotatable bonds is 4. The second-order valence-electron chi connectivity index (χ2n) is 5.28. The number of nitrogen functional groups attached to an aromatic ring is 1. The van der Waals surface area contributed by atoms with Crippen LogP contribution in [0.2, 0.25) is 0 Å². The van der Waals surface area contributed by atoms with Crippen molar-refractivity contribution in [2.45, 2.75) is 39.2 Å². The first-order valence-corrected chi connectivity index (χ1v) is 7.77. The normalized spacial score (nSPS) is 18.2. The number of carbonyl (C=O) groups is 1. The Balaban J connectivity index is 1.82. The molecule has 1 saturated heterocycles. The molecule has 0 aromatic carbocycles. The van der Waals surface area contributed by atoms with Crippen LogP contribution in [0.1, 0.15) is 40.7 Å². The summed E-state index contributed by atoms with van der Waals surface area (Å²) < 4.78 is 0. The summed E-state index contributed by atoms with van der Waals surface area (Å²) in [5.74, 6) is -0.00587. The average molecular weight is 281 g/mol. The van der Waals surface area contributed by atoms with Crippen molar-refractivity contribution in [2.24, 2.45) is 0 Å². The van der Waals surface area contributed by atoms with Gasteiger partial charge in [0.2, 0.25) is 0 Å². The number of carbonyl (C=O) groups excluding carboxylic acids is 1. The minimum atomic E-state index is -0.00587. The van der Waals surface area contributed by atoms with E-state index in [1.165, 1.54) is 30.6 Å². The van der Waals surface area contributed by atoms with Crippen molar-refractivity contribution in [1.82, 2.24) is 10.2 Å². The van der Waals surface area contributed by atoms with Crippen LogP contribution < -0.4 is 11.1 Å². The summed E-state index contributed by atoms with van der Waals surface area (Å²) in [5, 5.41) is 3.01. The molecule has 0 saturated carbocycles. The topological polar surface area (TPSA) is 58.4 Å². The fraction of sp³-hybridized carbons (Fsp3) is 0.643. The summed E-state index contributed by atoms with van der Waals surface area (Å²) in [6.45, 7) is 7.13. The minimum Gasteiger partial charge on any atom is -0.398 e. The second-order valence-corrected chi connectivity index (χ2v) is 6.53. The molecule has 1 aromatic heterocycles. The first-order valence-electron chi connectivity index (χ1n) is 6.96. The van der Waals surface area contributed by atoms with Crippen molar-refractivity contribution in [3.05, 3.63) is 15.8 Å². The van der Waals surface area contributed by atoms with Gasteiger partial charge in [0.15, 0.2) is 0 Å². The molecule has 106 valence electrons. The molecule has 2 heterocycles. The van der Waals surface area contributed by atoms with Gasteiger partial charge in [-0.15, -0.1) is 11.3 Å². The number of nitrogens with one attached hydrogen (secondary N) is 1. The molecule has 0 spiro atoms. The zero-order valence-electron chi connectivity index (χ0n) is 11.7. The van der Waals surface area contributed by atoms with Crippen LogP contribution in [0.5, 0.6) is 0 Å². The van der Waals surface area contributed by atoms with E-state index in [9.17, 15) is 4.79 Å². The third-order valence-corrected chi connectivity index (χ3v) is 4.82. The Bertz CT molecular complexity index is 418. The largest absolute Gasteiger partial charge is 0.398 e. The standard InChI is InChI=1S/C14H23N3OS/c1-10(17-6-4-3-5-7-17)9-16-14(18)13-8-12(15)11(2)19-13/h8,10H,3-7,9,15H2,1-2H3,(H,16,18). The van der Waals surface area contributed by atoms with Crippen LogP contribution in [0, 0.1) is 6.92 Å². The summed E-state index contributed by atoms with van der Waals surface area (Å²) in [6, 6.07) is 2.17. The van der Waals surface area contributed by atoms with Crippen molar-refractivity contribution in [1.29, 1.82) is 0 Å². The summed E-state index contributed by atoms with van der Waals surface area (Å²) in [4.78, 5) is 16.2. The SMILES string of the molecule is Cc1sc(C(=O)NCC(C)N2CCCCC2)cc1N. The zero-order valence-corrected chi connectivity index (χ0v) is 12.6. The van der Waals surface area contributed by atoms with Gasteiger partial charge in [-0.05, 0) is 45.8 Å². The van der Waals surface area contributed by atoms with E-state index in [1.54, 1.807) is 6.07 Å². The van der Waals surface area contributed by atoms with Crippen molar-refractivity contribution in [2.75, 3.05) is 25.4 Å². The molecule has 2 rings (SSSR count). The van der Waals surface area contributed by atoms with E-state index >= 15 is 0 Å². The molecule has 1 aliphatic heterocycles. The van der Waals surface area contributed by atoms with E-state index in [2.05, 4.69) is 17.1 Å². The fourth-order valence-electron chi connectivity index (χ4n) is 2.42. The van der Waals surface area contributed by atoms with E-state index in [0.29, 0.717) is 23.2 Å². The maximum atomic E-state index is 12.0. The molecule has 3 N–H and O–H groups in total. The lowest BCUT2D eigenvalue weighted by Crippen LogP contribution is -2.44. The molecule has 0 radical (unpaired) electrons. The maximum Gasteiger partial charge on any atom is 0.261 e. The lowest BCUT2D eigenvalue weighted by Gasteiger charge is -2.32. The Hall–Kier alpha value is -1.07. The van der Waals surface area contributed by atoms with Gasteiger partial charge in [-0.2, -0.15) is 0 Å². The zero-order chi connectivity index (χ0) is 13.8. The number of thiophene rings is 1. The molecular weight excluding hydrogens is 258 g/mol. The van der Waals surface area contributed by atoms with Crippen LogP contribution in [0.15, 0.2) is 6.07 Å². The fourth-order valence-corrected chi connectivity index (χ4v) is 3.28. The highest BCUT2D eigenvalue weighted by molar-refractivity contribution is 7.14. The van der Waals surface area contributed by atoms with Crippen molar-refractivity contribution in [3.63, 3.8) is 0 Å². The number of nitrogens with two attached hydrogens (primary N) is 1. The molecule has 4 nitrogen and oxygen atoms in total. The Morgan fingerprint density at radius 3 is 2.74 bits per heavy atom. The number of hydrogen-bond acceptors (Lipinski definition) is 4. The molecule has 1 unspecified atom stereocenters. The first kappa shape index (κ1) is 14.3. The third kappa shape index (κ3) is 3.70. The molecule has 19 heavy (non-hydrogen) atoms. The van der Waals surface area contributed by atoms with Crippen molar-refractivity contribution < 1.29 is 4.79 Å². The number of amides is 1. The highest BCUT2D eigenvalue weighted by Gasteiger charge is 2.18. The lowest BCUT2D eigenvalue weighted by molar-refractivity contribution is 0.0934. The van der Waals surface area contributed by atoms with Crippen LogP contribution >= 0.6 is 11.3 Å². The Morgan fingerprint density at radius 1 is 1.47 bits per heavy atom. The molecule has 1 amide bonds. The van der Waals surface area contributed by atoms with Crippen LogP contribution in [0.25, 0.3) is 0 Å². The van der Waals surface area contributed by atoms with Crippen molar-refractivity contribution >= 4 is 22.9 Å². The number of piperidine rings is 1. The van der Waals surface area contributed by atoms with Crippen LogP contribution in [0.3, 0.4) is 0 Å². The first-order chi connectivity index (χ1) is 9.08. The van der Waals surface area contributed by atoms with E-state index in [4.69, 9.17) is 5.73 Å². The van der Waals surface area contributed by atoms with Gasteiger partial charge >= 0.3 is 0 Å². The molecular formula is C14H23N3OS. The quantitative estimate of drug-likeness (QED) is 0.890. The molecule has 1 aliphatic rings. The lowest BCUT2D eigenvalue weighted by atomic mass is 10.1. The number of aryl methyl sites for hydroxylation is 1. The Labute approximate surface area is 119 Å². The summed E-state index contributed by atoms with van der Waals surface area (Å²) in [5.41, 5.74) is 6.48. The molecule has 1 aromatic rings. The molecule has 1 atom stereocenters. The number of likely N-dealkylation sites (tertiary alicyclic amines) is 1. The molecule has 5 heteroatoms. The number of nitrogens with zero attached hydrogens (tertiary/aromatic N) is 1. The maximum absolute atomic E-state index is 12.0. The Kier molecular flexibility index (Phi) is 4.82. The summed E-state index contributed by atoms with van der Waals surface area (Å²) in [6.07, 6.45) is 3.89. The summed E-state index contributed by atoms with van der Waals surface area (Å²) >= 11 is 1.46. The van der Waals surface area contributed by atoms with Gasteiger partial charge in [0.1, 0.15) is 0 Å².